The fourth-order valence-corrected chi connectivity index (χ4v) is 4.75. The molecule has 1 aromatic carbocycles. The van der Waals surface area contributed by atoms with E-state index in [1.54, 1.807) is 6.20 Å². The average Bonchev–Trinajstić information content (AvgIpc) is 2.99. The second-order valence-corrected chi connectivity index (χ2v) is 10.4. The van der Waals surface area contributed by atoms with Crippen LogP contribution in [0.4, 0.5) is 5.69 Å². The minimum Gasteiger partial charge on any atom is -0.497 e. The molecule has 0 saturated carbocycles. The molecule has 0 aliphatic rings. The normalized spacial score (nSPS) is 12.1. The molecule has 0 unspecified atom stereocenters. The first-order valence-electron chi connectivity index (χ1n) is 7.76. The summed E-state index contributed by atoms with van der Waals surface area (Å²) in [6.07, 6.45) is 2.18. The number of methoxy groups -OCH3 is 1. The van der Waals surface area contributed by atoms with Gasteiger partial charge in [-0.05, 0) is 26.0 Å². The first-order chi connectivity index (χ1) is 12.2. The van der Waals surface area contributed by atoms with Crippen LogP contribution < -0.4 is 14.2 Å². The summed E-state index contributed by atoms with van der Waals surface area (Å²) in [5.41, 5.74) is -0.0520. The zero-order chi connectivity index (χ0) is 19.4. The Kier molecular flexibility index (Phi) is 6.61. The predicted octanol–water partition coefficient (Wildman–Crippen LogP) is 1.74. The molecule has 1 aromatic heterocycles. The Morgan fingerprint density at radius 3 is 2.54 bits per heavy atom. The van der Waals surface area contributed by atoms with Crippen molar-refractivity contribution in [3.05, 3.63) is 34.3 Å². The molecule has 8 nitrogen and oxygen atoms in total. The van der Waals surface area contributed by atoms with Crippen LogP contribution in [0, 0.1) is 6.92 Å². The first kappa shape index (κ1) is 20.6. The van der Waals surface area contributed by atoms with Gasteiger partial charge in [-0.2, -0.15) is 0 Å². The molecule has 11 heteroatoms. The van der Waals surface area contributed by atoms with E-state index in [0.29, 0.717) is 12.2 Å². The van der Waals surface area contributed by atoms with Crippen LogP contribution in [0.3, 0.4) is 0 Å². The van der Waals surface area contributed by atoms with Crippen molar-refractivity contribution in [1.82, 2.24) is 9.71 Å². The number of sulfonamides is 2. The van der Waals surface area contributed by atoms with Crippen molar-refractivity contribution in [1.29, 1.82) is 0 Å². The molecule has 0 bridgehead atoms. The number of aromatic nitrogens is 1. The van der Waals surface area contributed by atoms with Gasteiger partial charge in [0.25, 0.3) is 0 Å². The molecular weight excluding hydrogens is 398 g/mol. The van der Waals surface area contributed by atoms with Crippen LogP contribution in [0.15, 0.2) is 29.3 Å². The molecule has 0 amide bonds. The van der Waals surface area contributed by atoms with Crippen molar-refractivity contribution >= 4 is 37.1 Å². The fourth-order valence-electron chi connectivity index (χ4n) is 2.08. The Bertz CT molecular complexity index is 968. The number of nitrogens with zero attached hydrogens (tertiary/aromatic N) is 1. The average molecular weight is 420 g/mol. The van der Waals surface area contributed by atoms with E-state index in [4.69, 9.17) is 4.74 Å². The number of aryl methyl sites for hydroxylation is 1. The SMILES string of the molecule is CCS(=O)(=O)Nc1cc(OC)ccc1S(=O)(=O)NCCc1ncc(C)s1. The van der Waals surface area contributed by atoms with E-state index < -0.39 is 20.0 Å². The van der Waals surface area contributed by atoms with E-state index >= 15 is 0 Å². The number of anilines is 1. The summed E-state index contributed by atoms with van der Waals surface area (Å²) in [6.45, 7) is 3.54. The molecule has 0 radical (unpaired) electrons. The third kappa shape index (κ3) is 5.40. The van der Waals surface area contributed by atoms with Crippen molar-refractivity contribution in [2.75, 3.05) is 24.1 Å². The van der Waals surface area contributed by atoms with Gasteiger partial charge in [-0.15, -0.1) is 11.3 Å². The van der Waals surface area contributed by atoms with E-state index in [1.807, 2.05) is 6.92 Å². The molecule has 1 heterocycles. The molecule has 0 saturated heterocycles. The Hall–Kier alpha value is -1.69. The lowest BCUT2D eigenvalue weighted by molar-refractivity contribution is 0.414. The highest BCUT2D eigenvalue weighted by atomic mass is 32.2. The van der Waals surface area contributed by atoms with Crippen LogP contribution in [0.25, 0.3) is 0 Å². The van der Waals surface area contributed by atoms with Crippen molar-refractivity contribution in [3.8, 4) is 5.75 Å². The van der Waals surface area contributed by atoms with E-state index in [2.05, 4.69) is 14.4 Å². The summed E-state index contributed by atoms with van der Waals surface area (Å²) in [6, 6.07) is 4.11. The summed E-state index contributed by atoms with van der Waals surface area (Å²) in [5, 5.41) is 0.826. The quantitative estimate of drug-likeness (QED) is 0.640. The number of hydrogen-bond donors (Lipinski definition) is 2. The van der Waals surface area contributed by atoms with Crippen molar-refractivity contribution < 1.29 is 21.6 Å². The Labute approximate surface area is 157 Å². The number of benzene rings is 1. The van der Waals surface area contributed by atoms with Crippen LogP contribution in [-0.2, 0) is 26.5 Å². The Morgan fingerprint density at radius 1 is 1.23 bits per heavy atom. The zero-order valence-corrected chi connectivity index (χ0v) is 17.1. The second kappa shape index (κ2) is 8.33. The van der Waals surface area contributed by atoms with E-state index in [9.17, 15) is 16.8 Å². The van der Waals surface area contributed by atoms with Gasteiger partial charge in [-0.25, -0.2) is 26.5 Å². The van der Waals surface area contributed by atoms with Gasteiger partial charge in [-0.1, -0.05) is 0 Å². The summed E-state index contributed by atoms with van der Waals surface area (Å²) >= 11 is 1.50. The Balaban J connectivity index is 2.23. The van der Waals surface area contributed by atoms with Crippen LogP contribution in [0.2, 0.25) is 0 Å². The van der Waals surface area contributed by atoms with E-state index in [0.717, 1.165) is 9.88 Å². The van der Waals surface area contributed by atoms with Crippen LogP contribution >= 0.6 is 11.3 Å². The third-order valence-corrected chi connectivity index (χ3v) is 7.20. The van der Waals surface area contributed by atoms with Gasteiger partial charge in [-0.3, -0.25) is 4.72 Å². The monoisotopic (exact) mass is 419 g/mol. The zero-order valence-electron chi connectivity index (χ0n) is 14.6. The van der Waals surface area contributed by atoms with Gasteiger partial charge in [0.15, 0.2) is 0 Å². The van der Waals surface area contributed by atoms with Crippen molar-refractivity contribution in [2.45, 2.75) is 25.2 Å². The minimum absolute atomic E-state index is 0.0520. The first-order valence-corrected chi connectivity index (χ1v) is 11.7. The molecule has 26 heavy (non-hydrogen) atoms. The number of ether oxygens (including phenoxy) is 1. The van der Waals surface area contributed by atoms with E-state index in [-0.39, 0.29) is 22.9 Å². The Morgan fingerprint density at radius 2 is 1.96 bits per heavy atom. The highest BCUT2D eigenvalue weighted by Crippen LogP contribution is 2.27. The van der Waals surface area contributed by atoms with Crippen molar-refractivity contribution in [3.63, 3.8) is 0 Å². The number of thiazole rings is 1. The lowest BCUT2D eigenvalue weighted by Gasteiger charge is -2.14. The highest BCUT2D eigenvalue weighted by Gasteiger charge is 2.21. The van der Waals surface area contributed by atoms with E-state index in [1.165, 1.54) is 43.6 Å². The predicted molar refractivity (Wildman–Crippen MR) is 102 cm³/mol. The molecular formula is C15H21N3O5S3. The van der Waals surface area contributed by atoms with Gasteiger partial charge < -0.3 is 4.74 Å². The molecule has 2 aromatic rings. The number of hydrogen-bond acceptors (Lipinski definition) is 7. The molecule has 144 valence electrons. The standard InChI is InChI=1S/C15H21N3O5S3/c1-4-25(19,20)18-13-9-12(23-3)5-6-14(13)26(21,22)17-8-7-15-16-10-11(2)24-15/h5-6,9-10,17-18H,4,7-8H2,1-3H3. The van der Waals surface area contributed by atoms with Gasteiger partial charge in [0, 0.05) is 30.1 Å². The maximum atomic E-state index is 12.6. The van der Waals surface area contributed by atoms with Crippen LogP contribution in [0.5, 0.6) is 5.75 Å². The lowest BCUT2D eigenvalue weighted by atomic mass is 10.3. The molecule has 0 aliphatic carbocycles. The molecule has 0 atom stereocenters. The van der Waals surface area contributed by atoms with Crippen LogP contribution in [0.1, 0.15) is 16.8 Å². The maximum absolute atomic E-state index is 12.6. The smallest absolute Gasteiger partial charge is 0.242 e. The summed E-state index contributed by atoms with van der Waals surface area (Å²) < 4.78 is 58.8. The van der Waals surface area contributed by atoms with Crippen LogP contribution in [-0.4, -0.2) is 41.2 Å². The van der Waals surface area contributed by atoms with Gasteiger partial charge in [0.1, 0.15) is 10.6 Å². The van der Waals surface area contributed by atoms with Crippen molar-refractivity contribution in [2.24, 2.45) is 0 Å². The number of nitrogens with one attached hydrogen (secondary N) is 2. The molecule has 0 aliphatic heterocycles. The molecule has 2 rings (SSSR count). The maximum Gasteiger partial charge on any atom is 0.242 e. The molecule has 2 N–H and O–H groups in total. The largest absolute Gasteiger partial charge is 0.497 e. The molecule has 0 fully saturated rings. The number of rotatable bonds is 9. The second-order valence-electron chi connectivity index (χ2n) is 5.38. The minimum atomic E-state index is -3.92. The summed E-state index contributed by atoms with van der Waals surface area (Å²) in [4.78, 5) is 5.07. The van der Waals surface area contributed by atoms with Gasteiger partial charge in [0.2, 0.25) is 20.0 Å². The highest BCUT2D eigenvalue weighted by molar-refractivity contribution is 7.93. The van der Waals surface area contributed by atoms with Gasteiger partial charge in [0.05, 0.1) is 23.6 Å². The fraction of sp³-hybridized carbons (Fsp3) is 0.400. The summed E-state index contributed by atoms with van der Waals surface area (Å²) in [5.74, 6) is 0.163. The topological polar surface area (TPSA) is 114 Å². The molecule has 0 spiro atoms. The summed E-state index contributed by atoms with van der Waals surface area (Å²) in [7, 11) is -6.15. The van der Waals surface area contributed by atoms with Gasteiger partial charge >= 0.3 is 0 Å². The third-order valence-electron chi connectivity index (χ3n) is 3.42. The lowest BCUT2D eigenvalue weighted by Crippen LogP contribution is -2.27.